The smallest absolute Gasteiger partial charge is 0.408 e. The molecule has 0 aromatic rings. The summed E-state index contributed by atoms with van der Waals surface area (Å²) in [7, 11) is 1.53. The van der Waals surface area contributed by atoms with Crippen LogP contribution in [0, 0.1) is 17.9 Å². The number of allylic oxidation sites excluding steroid dienone is 1. The van der Waals surface area contributed by atoms with Crippen LogP contribution in [0.1, 0.15) is 27.2 Å². The molecule has 1 aliphatic carbocycles. The Balaban J connectivity index is 2.36. The Hall–Kier alpha value is -1.63. The summed E-state index contributed by atoms with van der Waals surface area (Å²) in [5.74, 6) is 3.07. The van der Waals surface area contributed by atoms with Crippen LogP contribution in [0.25, 0.3) is 0 Å². The van der Waals surface area contributed by atoms with Crippen molar-refractivity contribution in [2.24, 2.45) is 5.92 Å². The summed E-state index contributed by atoms with van der Waals surface area (Å²) in [4.78, 5) is 11.5. The van der Waals surface area contributed by atoms with E-state index in [9.17, 15) is 4.79 Å². The number of ether oxygens (including phenoxy) is 2. The van der Waals surface area contributed by atoms with Crippen LogP contribution >= 0.6 is 0 Å². The van der Waals surface area contributed by atoms with Crippen molar-refractivity contribution in [3.63, 3.8) is 0 Å². The third-order valence-corrected chi connectivity index (χ3v) is 2.13. The maximum absolute atomic E-state index is 11.5. The van der Waals surface area contributed by atoms with E-state index >= 15 is 0 Å². The Kier molecular flexibility index (Phi) is 4.45. The molecule has 0 aromatic carbocycles. The highest BCUT2D eigenvalue weighted by Crippen LogP contribution is 2.17. The van der Waals surface area contributed by atoms with Gasteiger partial charge in [-0.05, 0) is 27.2 Å². The van der Waals surface area contributed by atoms with E-state index in [2.05, 4.69) is 22.1 Å². The SMILES string of the molecule is COC#C[C@@H]1C=C[C@H](NC(=O)OC(C)(C)C)C1. The number of rotatable bonds is 1. The standard InChI is InChI=1S/C13H19NO3/c1-13(2,3)17-12(15)14-11-6-5-10(9-11)7-8-16-4/h5-6,10-11H,9H2,1-4H3,(H,14,15)/t10-,11-/m0/s1. The maximum Gasteiger partial charge on any atom is 0.408 e. The van der Waals surface area contributed by atoms with Crippen LogP contribution in [0.3, 0.4) is 0 Å². The van der Waals surface area contributed by atoms with Crippen LogP contribution in [0.4, 0.5) is 4.79 Å². The third kappa shape index (κ3) is 5.30. The van der Waals surface area contributed by atoms with E-state index in [1.165, 1.54) is 7.11 Å². The van der Waals surface area contributed by atoms with E-state index in [1.807, 2.05) is 32.9 Å². The number of nitrogens with one attached hydrogen (secondary N) is 1. The minimum absolute atomic E-state index is 0.0130. The van der Waals surface area contributed by atoms with Crippen LogP contribution in [-0.2, 0) is 9.47 Å². The molecule has 94 valence electrons. The summed E-state index contributed by atoms with van der Waals surface area (Å²) in [6, 6.07) is -0.0130. The van der Waals surface area contributed by atoms with Gasteiger partial charge in [0.1, 0.15) is 11.7 Å². The predicted molar refractivity (Wildman–Crippen MR) is 65.2 cm³/mol. The normalized spacial score (nSPS) is 22.6. The fourth-order valence-electron chi connectivity index (χ4n) is 1.51. The topological polar surface area (TPSA) is 47.6 Å². The number of carbonyl (C=O) groups excluding carboxylic acids is 1. The highest BCUT2D eigenvalue weighted by Gasteiger charge is 2.22. The van der Waals surface area contributed by atoms with Crippen molar-refractivity contribution in [1.29, 1.82) is 0 Å². The molecule has 0 aliphatic heterocycles. The number of hydrogen-bond acceptors (Lipinski definition) is 3. The average molecular weight is 237 g/mol. The molecule has 1 amide bonds. The largest absolute Gasteiger partial charge is 0.450 e. The summed E-state index contributed by atoms with van der Waals surface area (Å²) in [6.45, 7) is 5.51. The number of hydrogen-bond donors (Lipinski definition) is 1. The van der Waals surface area contributed by atoms with Crippen LogP contribution in [0.2, 0.25) is 0 Å². The summed E-state index contributed by atoms with van der Waals surface area (Å²) < 4.78 is 9.85. The van der Waals surface area contributed by atoms with Gasteiger partial charge in [-0.3, -0.25) is 0 Å². The Morgan fingerprint density at radius 1 is 1.41 bits per heavy atom. The second kappa shape index (κ2) is 5.62. The summed E-state index contributed by atoms with van der Waals surface area (Å²) in [6.07, 6.45) is 6.82. The molecule has 0 radical (unpaired) electrons. The zero-order valence-corrected chi connectivity index (χ0v) is 10.7. The number of methoxy groups -OCH3 is 1. The number of alkyl carbamates (subject to hydrolysis) is 1. The van der Waals surface area contributed by atoms with E-state index in [1.54, 1.807) is 0 Å². The molecule has 0 unspecified atom stereocenters. The lowest BCUT2D eigenvalue weighted by molar-refractivity contribution is 0.0513. The molecule has 4 nitrogen and oxygen atoms in total. The summed E-state index contributed by atoms with van der Waals surface area (Å²) >= 11 is 0. The molecule has 0 saturated heterocycles. The molecule has 0 fully saturated rings. The van der Waals surface area contributed by atoms with Crippen LogP contribution < -0.4 is 5.32 Å². The average Bonchev–Trinajstić information content (AvgIpc) is 2.59. The zero-order valence-electron chi connectivity index (χ0n) is 10.7. The third-order valence-electron chi connectivity index (χ3n) is 2.13. The second-order valence-electron chi connectivity index (χ2n) is 4.93. The van der Waals surface area contributed by atoms with Crippen LogP contribution in [-0.4, -0.2) is 24.8 Å². The molecular formula is C13H19NO3. The van der Waals surface area contributed by atoms with Crippen LogP contribution in [0.15, 0.2) is 12.2 Å². The van der Waals surface area contributed by atoms with E-state index in [0.717, 1.165) is 6.42 Å². The van der Waals surface area contributed by atoms with Gasteiger partial charge in [0.05, 0.1) is 13.2 Å². The van der Waals surface area contributed by atoms with Gasteiger partial charge in [-0.15, -0.1) is 0 Å². The van der Waals surface area contributed by atoms with Crippen molar-refractivity contribution in [2.45, 2.75) is 38.8 Å². The molecule has 0 aromatic heterocycles. The highest BCUT2D eigenvalue weighted by atomic mass is 16.6. The van der Waals surface area contributed by atoms with E-state index < -0.39 is 11.7 Å². The summed E-state index contributed by atoms with van der Waals surface area (Å²) in [5.41, 5.74) is -0.471. The van der Waals surface area contributed by atoms with Crippen molar-refractivity contribution in [3.05, 3.63) is 12.2 Å². The van der Waals surface area contributed by atoms with E-state index in [0.29, 0.717) is 0 Å². The predicted octanol–water partition coefficient (Wildman–Crippen LogP) is 2.06. The minimum atomic E-state index is -0.471. The van der Waals surface area contributed by atoms with Crippen LogP contribution in [0.5, 0.6) is 0 Å². The first-order valence-electron chi connectivity index (χ1n) is 5.62. The lowest BCUT2D eigenvalue weighted by atomic mass is 10.1. The van der Waals surface area contributed by atoms with Crippen molar-refractivity contribution in [2.75, 3.05) is 7.11 Å². The monoisotopic (exact) mass is 237 g/mol. The number of carbonyl (C=O) groups is 1. The van der Waals surface area contributed by atoms with Crippen molar-refractivity contribution in [3.8, 4) is 12.0 Å². The second-order valence-corrected chi connectivity index (χ2v) is 4.93. The van der Waals surface area contributed by atoms with Gasteiger partial charge < -0.3 is 14.8 Å². The van der Waals surface area contributed by atoms with Gasteiger partial charge in [0.25, 0.3) is 0 Å². The van der Waals surface area contributed by atoms with Gasteiger partial charge in [-0.1, -0.05) is 18.1 Å². The Bertz CT molecular complexity index is 357. The molecule has 1 N–H and O–H groups in total. The molecule has 0 saturated carbocycles. The lowest BCUT2D eigenvalue weighted by Gasteiger charge is -2.21. The molecule has 4 heteroatoms. The fourth-order valence-corrected chi connectivity index (χ4v) is 1.51. The molecule has 1 rings (SSSR count). The van der Waals surface area contributed by atoms with Gasteiger partial charge in [0.15, 0.2) is 0 Å². The lowest BCUT2D eigenvalue weighted by Crippen LogP contribution is -2.37. The van der Waals surface area contributed by atoms with Gasteiger partial charge in [-0.2, -0.15) is 0 Å². The fraction of sp³-hybridized carbons (Fsp3) is 0.615. The molecular weight excluding hydrogens is 218 g/mol. The first kappa shape index (κ1) is 13.4. The highest BCUT2D eigenvalue weighted by molar-refractivity contribution is 5.68. The first-order valence-corrected chi connectivity index (χ1v) is 5.62. The summed E-state index contributed by atoms with van der Waals surface area (Å²) in [5, 5.41) is 2.79. The first-order chi connectivity index (χ1) is 7.90. The minimum Gasteiger partial charge on any atom is -0.450 e. The van der Waals surface area contributed by atoms with Gasteiger partial charge in [0.2, 0.25) is 0 Å². The van der Waals surface area contributed by atoms with Gasteiger partial charge in [0, 0.05) is 5.92 Å². The molecule has 17 heavy (non-hydrogen) atoms. The zero-order chi connectivity index (χ0) is 12.9. The van der Waals surface area contributed by atoms with Crippen molar-refractivity contribution >= 4 is 6.09 Å². The van der Waals surface area contributed by atoms with E-state index in [4.69, 9.17) is 4.74 Å². The molecule has 0 heterocycles. The van der Waals surface area contributed by atoms with Gasteiger partial charge >= 0.3 is 6.09 Å². The Labute approximate surface area is 102 Å². The quantitative estimate of drug-likeness (QED) is 0.561. The molecule has 1 aliphatic rings. The molecule has 2 atom stereocenters. The Morgan fingerprint density at radius 3 is 2.71 bits per heavy atom. The molecule has 0 spiro atoms. The van der Waals surface area contributed by atoms with Crippen molar-refractivity contribution < 1.29 is 14.3 Å². The molecule has 0 bridgehead atoms. The maximum atomic E-state index is 11.5. The van der Waals surface area contributed by atoms with Crippen molar-refractivity contribution in [1.82, 2.24) is 5.32 Å². The van der Waals surface area contributed by atoms with E-state index in [-0.39, 0.29) is 12.0 Å². The number of amides is 1. The Morgan fingerprint density at radius 2 is 2.12 bits per heavy atom. The van der Waals surface area contributed by atoms with Gasteiger partial charge in [-0.25, -0.2) is 4.79 Å².